The molecule has 0 aromatic carbocycles. The van der Waals surface area contributed by atoms with Gasteiger partial charge in [0.25, 0.3) is 5.56 Å². The van der Waals surface area contributed by atoms with Crippen molar-refractivity contribution in [2.24, 2.45) is 0 Å². The van der Waals surface area contributed by atoms with Gasteiger partial charge in [-0.3, -0.25) is 42.9 Å². The summed E-state index contributed by atoms with van der Waals surface area (Å²) >= 11 is 0. The second kappa shape index (κ2) is 22.5. The SMILES string of the molecule is CCOC(=O)C(C)NP(=O)(CCC(=O)N1CC(n2cnc3c(=O)[nH]c(N)nc32)[C@H](OC[C@@H](O)P(=O)(NC(C)C(=O)OCC)NC(C)C(=O)OCC)C1)NC(C)C(=O)OCC. The Balaban J connectivity index is 1.94. The zero-order chi connectivity index (χ0) is 44.9. The molecule has 1 aliphatic rings. The number of imidazole rings is 1. The van der Waals surface area contributed by atoms with Crippen molar-refractivity contribution in [3.8, 4) is 0 Å². The molecule has 3 heterocycles. The van der Waals surface area contributed by atoms with Crippen molar-refractivity contribution < 1.29 is 61.9 Å². The number of likely N-dealkylation sites (tertiary alicyclic amines) is 1. The van der Waals surface area contributed by atoms with Crippen LogP contribution in [0.4, 0.5) is 5.95 Å². The number of nitrogens with zero attached hydrogens (tertiary/aromatic N) is 4. The van der Waals surface area contributed by atoms with Crippen LogP contribution in [0, 0.1) is 0 Å². The minimum Gasteiger partial charge on any atom is -0.465 e. The van der Waals surface area contributed by atoms with Crippen LogP contribution in [0.5, 0.6) is 0 Å². The van der Waals surface area contributed by atoms with E-state index < -0.39 is 99.0 Å². The second-order valence-electron chi connectivity index (χ2n) is 13.8. The molecule has 24 nitrogen and oxygen atoms in total. The van der Waals surface area contributed by atoms with Gasteiger partial charge in [-0.15, -0.1) is 0 Å². The molecule has 1 amide bonds. The fourth-order valence-electron chi connectivity index (χ4n) is 6.16. The third kappa shape index (κ3) is 13.4. The Bertz CT molecular complexity index is 1920. The predicted octanol–water partition coefficient (Wildman–Crippen LogP) is -0.270. The van der Waals surface area contributed by atoms with Crippen molar-refractivity contribution in [1.29, 1.82) is 0 Å². The molecule has 1 fully saturated rings. The molecule has 0 radical (unpaired) electrons. The zero-order valence-corrected chi connectivity index (χ0v) is 36.8. The average molecular weight is 893 g/mol. The highest BCUT2D eigenvalue weighted by Gasteiger charge is 2.43. The number of ether oxygens (including phenoxy) is 5. The number of H-pyrrole nitrogens is 1. The van der Waals surface area contributed by atoms with E-state index in [2.05, 4.69) is 35.3 Å². The first kappa shape index (κ1) is 50.1. The van der Waals surface area contributed by atoms with Gasteiger partial charge in [0.2, 0.25) is 26.7 Å². The van der Waals surface area contributed by atoms with Gasteiger partial charge in [-0.1, -0.05) is 0 Å². The van der Waals surface area contributed by atoms with Crippen LogP contribution >= 0.6 is 14.9 Å². The minimum atomic E-state index is -4.33. The Morgan fingerprint density at radius 1 is 0.833 bits per heavy atom. The molecular formula is C34H58N10O14P2. The number of esters is 4. The number of hydrogen-bond donors (Lipinski definition) is 7. The first-order valence-corrected chi connectivity index (χ1v) is 23.2. The molecule has 1 saturated heterocycles. The van der Waals surface area contributed by atoms with Crippen LogP contribution in [0.25, 0.3) is 11.2 Å². The Morgan fingerprint density at radius 3 is 1.77 bits per heavy atom. The highest BCUT2D eigenvalue weighted by Crippen LogP contribution is 2.43. The first-order valence-electron chi connectivity index (χ1n) is 19.5. The van der Waals surface area contributed by atoms with Gasteiger partial charge in [-0.25, -0.2) is 25.3 Å². The quantitative estimate of drug-likeness (QED) is 0.0405. The van der Waals surface area contributed by atoms with Crippen molar-refractivity contribution in [2.75, 3.05) is 58.0 Å². The third-order valence-corrected chi connectivity index (χ3v) is 14.0. The lowest BCUT2D eigenvalue weighted by Gasteiger charge is -2.30. The van der Waals surface area contributed by atoms with Crippen molar-refractivity contribution in [1.82, 2.24) is 44.8 Å². The van der Waals surface area contributed by atoms with Gasteiger partial charge >= 0.3 is 23.9 Å². The number of aromatic nitrogens is 4. The molecule has 26 heteroatoms. The Hall–Kier alpha value is -4.28. The zero-order valence-electron chi connectivity index (χ0n) is 35.0. The Morgan fingerprint density at radius 2 is 1.30 bits per heavy atom. The summed E-state index contributed by atoms with van der Waals surface area (Å²) < 4.78 is 56.3. The molecule has 60 heavy (non-hydrogen) atoms. The maximum atomic E-state index is 14.4. The molecule has 0 spiro atoms. The van der Waals surface area contributed by atoms with E-state index in [4.69, 9.17) is 29.4 Å². The number of aliphatic hydroxyl groups is 1. The second-order valence-corrected chi connectivity index (χ2v) is 18.6. The van der Waals surface area contributed by atoms with Gasteiger partial charge in [0, 0.05) is 25.7 Å². The van der Waals surface area contributed by atoms with Crippen molar-refractivity contribution >= 4 is 61.8 Å². The molecular weight excluding hydrogens is 834 g/mol. The van der Waals surface area contributed by atoms with E-state index in [0.29, 0.717) is 0 Å². The number of nitrogens with two attached hydrogens (primary N) is 1. The Kier molecular flexibility index (Phi) is 18.8. The van der Waals surface area contributed by atoms with Gasteiger partial charge in [-0.2, -0.15) is 4.98 Å². The Labute approximate surface area is 346 Å². The van der Waals surface area contributed by atoms with Crippen molar-refractivity contribution in [3.63, 3.8) is 0 Å². The first-order chi connectivity index (χ1) is 28.2. The lowest BCUT2D eigenvalue weighted by molar-refractivity contribution is -0.145. The molecule has 2 aromatic rings. The molecule has 7 atom stereocenters. The summed E-state index contributed by atoms with van der Waals surface area (Å²) in [6.45, 7) is 11.1. The summed E-state index contributed by atoms with van der Waals surface area (Å²) in [5, 5.41) is 22.0. The normalized spacial score (nSPS) is 19.9. The van der Waals surface area contributed by atoms with Crippen LogP contribution in [0.2, 0.25) is 0 Å². The predicted molar refractivity (Wildman–Crippen MR) is 216 cm³/mol. The maximum Gasteiger partial charge on any atom is 0.323 e. The molecule has 1 aliphatic heterocycles. The number of nitrogen functional groups attached to an aromatic ring is 1. The molecule has 5 unspecified atom stereocenters. The third-order valence-electron chi connectivity index (χ3n) is 9.05. The smallest absolute Gasteiger partial charge is 0.323 e. The van der Waals surface area contributed by atoms with Crippen LogP contribution < -0.4 is 31.6 Å². The molecule has 2 aromatic heterocycles. The number of amides is 1. The summed E-state index contributed by atoms with van der Waals surface area (Å²) in [5.41, 5.74) is 5.18. The highest BCUT2D eigenvalue weighted by molar-refractivity contribution is 7.60. The summed E-state index contributed by atoms with van der Waals surface area (Å²) in [5.74, 6) is -5.65. The molecule has 0 aliphatic carbocycles. The fraction of sp³-hybridized carbons (Fsp3) is 0.706. The number of rotatable bonds is 24. The molecule has 338 valence electrons. The number of carbonyl (C=O) groups excluding carboxylic acids is 5. The van der Waals surface area contributed by atoms with Crippen molar-refractivity contribution in [3.05, 3.63) is 16.7 Å². The van der Waals surface area contributed by atoms with E-state index in [1.807, 2.05) is 0 Å². The topological polar surface area (TPSA) is 327 Å². The summed E-state index contributed by atoms with van der Waals surface area (Å²) in [6.07, 6.45) is -0.467. The summed E-state index contributed by atoms with van der Waals surface area (Å²) in [4.78, 5) is 88.6. The lowest BCUT2D eigenvalue weighted by Crippen LogP contribution is -2.46. The lowest BCUT2D eigenvalue weighted by atomic mass is 10.2. The largest absolute Gasteiger partial charge is 0.465 e. The number of hydrogen-bond acceptors (Lipinski definition) is 17. The van der Waals surface area contributed by atoms with Crippen LogP contribution in [0.3, 0.4) is 0 Å². The minimum absolute atomic E-state index is 0.0189. The molecule has 3 rings (SSSR count). The van der Waals surface area contributed by atoms with E-state index in [1.165, 1.54) is 43.5 Å². The van der Waals surface area contributed by atoms with Crippen molar-refractivity contribution in [2.45, 2.75) is 104 Å². The standard InChI is InChI=1S/C34H58N10O14P2/c1-9-54-30(48)19(5)39-59(52,40-20(6)31(49)55-10-2)14-13-25(45)43-15-23(44-18-36-27-28(44)37-34(35)38-29(27)47)24(16-43)58-17-26(46)60(53,41-21(7)32(50)56-11-3)42-22(8)33(51)57-12-4/h18-24,26,46H,9-17H2,1-8H3,(H2,39,40,52)(H2,41,42,53)(H3,35,37,38,47)/t19?,20?,21?,22?,23?,24-,26+,59?,60?/m1/s1. The van der Waals surface area contributed by atoms with Gasteiger partial charge in [-0.05, 0) is 55.4 Å². The molecule has 8 N–H and O–H groups in total. The van der Waals surface area contributed by atoms with E-state index in [-0.39, 0.29) is 69.2 Å². The van der Waals surface area contributed by atoms with E-state index in [9.17, 15) is 43.0 Å². The number of carbonyl (C=O) groups is 5. The van der Waals surface area contributed by atoms with Crippen LogP contribution in [0.15, 0.2) is 11.1 Å². The number of fused-ring (bicyclic) bond motifs is 1. The summed E-state index contributed by atoms with van der Waals surface area (Å²) in [7, 11) is -8.23. The summed E-state index contributed by atoms with van der Waals surface area (Å²) in [6, 6.07) is -5.47. The number of aliphatic hydroxyl groups excluding tert-OH is 1. The number of anilines is 1. The average Bonchev–Trinajstić information content (AvgIpc) is 3.80. The van der Waals surface area contributed by atoms with E-state index in [1.54, 1.807) is 27.7 Å². The van der Waals surface area contributed by atoms with E-state index in [0.717, 1.165) is 0 Å². The monoisotopic (exact) mass is 892 g/mol. The maximum absolute atomic E-state index is 14.4. The van der Waals surface area contributed by atoms with E-state index >= 15 is 0 Å². The van der Waals surface area contributed by atoms with Gasteiger partial charge in [0.05, 0.1) is 51.5 Å². The van der Waals surface area contributed by atoms with Crippen LogP contribution in [-0.2, 0) is 56.8 Å². The van der Waals surface area contributed by atoms with Crippen LogP contribution in [-0.4, -0.2) is 148 Å². The molecule has 0 bridgehead atoms. The van der Waals surface area contributed by atoms with Gasteiger partial charge in [0.15, 0.2) is 17.0 Å². The van der Waals surface area contributed by atoms with Gasteiger partial charge < -0.3 is 44.0 Å². The van der Waals surface area contributed by atoms with Crippen LogP contribution in [0.1, 0.15) is 67.9 Å². The number of aromatic amines is 1. The fourth-order valence-corrected chi connectivity index (χ4v) is 10.5. The molecule has 0 saturated carbocycles. The highest BCUT2D eigenvalue weighted by atomic mass is 31.2. The van der Waals surface area contributed by atoms with Gasteiger partial charge in [0.1, 0.15) is 24.2 Å². The number of nitrogens with one attached hydrogen (secondary N) is 5.